The van der Waals surface area contributed by atoms with E-state index in [2.05, 4.69) is 474 Å². The highest BCUT2D eigenvalue weighted by molar-refractivity contribution is 6.48. The zero-order valence-electron chi connectivity index (χ0n) is 73.5. The standard InChI is InChI=1S/C66H48N2.C64H36/c1-41-21-29-47(30-22-41)67(48-31-23-42(2)24-32-48)57-39-37-55-61-51(57)17-11-19-53(61)63-59(45-13-7-5-8-14-45)66-56-38-40-58(68(49-33-25-43(3)26-34-49)50-35-27-44(4)28-36-50)52-18-12-20-54(62(52)56)64(66)60(65(55)63)46-15-9-6-10-16-46;1-5-17-37(18-6-1)53-41-25-13-14-26-42(41)54(38-19-7-2-8-20-38)62-50-34-30-46-48-32-36-52-60-51(35-31-47(58(48)60)45-29-33-49(61(53)62)59(50)57(45)46)63-55(39-21-9-3-10-22-39)43-27-15-16-28-44(43)56(64(52)63)40-23-11-4-12-24-40/h5-40H,1-4H3;1-36H. The lowest BCUT2D eigenvalue weighted by molar-refractivity contribution is 1.28. The van der Waals surface area contributed by atoms with Gasteiger partial charge in [-0.3, -0.25) is 0 Å². The maximum atomic E-state index is 2.45. The smallest absolute Gasteiger partial charge is 0.0540 e. The molecule has 2 aliphatic carbocycles. The molecule has 0 aromatic heterocycles. The highest BCUT2D eigenvalue weighted by atomic mass is 15.1. The van der Waals surface area contributed by atoms with Crippen molar-refractivity contribution < 1.29 is 0 Å². The Kier molecular flexibility index (Phi) is 16.8. The molecule has 0 saturated carbocycles. The molecule has 0 heterocycles. The van der Waals surface area contributed by atoms with Gasteiger partial charge < -0.3 is 9.80 Å². The molecule has 26 aromatic carbocycles. The van der Waals surface area contributed by atoms with E-state index in [1.807, 2.05) is 0 Å². The van der Waals surface area contributed by atoms with Crippen molar-refractivity contribution in [2.45, 2.75) is 27.7 Å². The first-order chi connectivity index (χ1) is 65.2. The minimum absolute atomic E-state index is 1.14. The summed E-state index contributed by atoms with van der Waals surface area (Å²) in [6, 6.07) is 164. The summed E-state index contributed by atoms with van der Waals surface area (Å²) in [6.07, 6.45) is 0. The van der Waals surface area contributed by atoms with E-state index < -0.39 is 0 Å². The summed E-state index contributed by atoms with van der Waals surface area (Å²) in [5.41, 5.74) is 37.7. The molecule has 0 saturated heterocycles. The van der Waals surface area contributed by atoms with Crippen LogP contribution in [0.3, 0.4) is 0 Å². The fraction of sp³-hybridized carbons (Fsp3) is 0.0308. The fourth-order valence-electron chi connectivity index (χ4n) is 23.5. The van der Waals surface area contributed by atoms with Gasteiger partial charge in [0.25, 0.3) is 0 Å². The van der Waals surface area contributed by atoms with Crippen molar-refractivity contribution >= 4 is 163 Å². The second-order valence-corrected chi connectivity index (χ2v) is 36.4. The summed E-state index contributed by atoms with van der Waals surface area (Å²) < 4.78 is 0. The molecular weight excluding hydrogens is 1590 g/mol. The molecule has 614 valence electrons. The molecule has 0 unspecified atom stereocenters. The van der Waals surface area contributed by atoms with Crippen LogP contribution >= 0.6 is 0 Å². The maximum Gasteiger partial charge on any atom is 0.0540 e. The molecule has 0 amide bonds. The van der Waals surface area contributed by atoms with E-state index in [1.165, 1.54) is 263 Å². The van der Waals surface area contributed by atoms with Crippen LogP contribution in [0.5, 0.6) is 0 Å². The summed E-state index contributed by atoms with van der Waals surface area (Å²) in [7, 11) is 0. The highest BCUT2D eigenvalue weighted by Crippen LogP contribution is 2.65. The lowest BCUT2D eigenvalue weighted by atomic mass is 9.82. The van der Waals surface area contributed by atoms with Gasteiger partial charge in [-0.2, -0.15) is 0 Å². The van der Waals surface area contributed by atoms with E-state index in [0.717, 1.165) is 34.1 Å². The Morgan fingerprint density at radius 3 is 0.576 bits per heavy atom. The van der Waals surface area contributed by atoms with Crippen LogP contribution in [0.1, 0.15) is 22.3 Å². The average Bonchev–Trinajstić information content (AvgIpc) is 1.51. The minimum atomic E-state index is 1.14. The van der Waals surface area contributed by atoms with Crippen molar-refractivity contribution in [1.82, 2.24) is 0 Å². The monoisotopic (exact) mass is 1670 g/mol. The third-order valence-corrected chi connectivity index (χ3v) is 29.0. The van der Waals surface area contributed by atoms with Gasteiger partial charge in [0.1, 0.15) is 0 Å². The normalized spacial score (nSPS) is 12.1. The summed E-state index contributed by atoms with van der Waals surface area (Å²) in [4.78, 5) is 4.87. The SMILES string of the molecule is Cc1ccc(N(c2ccc(C)cc2)c2ccc3c4c(-c5ccccc5)c5c6cccc7c(N(c8ccc(C)cc8)c8ccc(C)cc8)ccc(c5c(-c5ccccc5)c4c4cccc2c43)c76)cc1.c1ccc(-c2c3c(c(-c4ccccc4)c4ccccc24)-c2ccc4c5ccc6c7c(ccc(c8ccc-3c2c84)c75)-c2c-6c(-c3ccccc3)c3ccccc3c2-c2ccccc2)cc1. The van der Waals surface area contributed by atoms with Gasteiger partial charge in [-0.25, -0.2) is 0 Å². The second-order valence-electron chi connectivity index (χ2n) is 36.4. The van der Waals surface area contributed by atoms with Crippen LogP contribution in [-0.4, -0.2) is 0 Å². The lowest BCUT2D eigenvalue weighted by Gasteiger charge is -2.27. The molecule has 0 radical (unpaired) electrons. The Labute approximate surface area is 765 Å². The number of hydrogen-bond donors (Lipinski definition) is 0. The molecule has 0 N–H and O–H groups in total. The molecule has 28 rings (SSSR count). The number of anilines is 6. The molecule has 132 heavy (non-hydrogen) atoms. The van der Waals surface area contributed by atoms with Crippen molar-refractivity contribution in [3.63, 3.8) is 0 Å². The zero-order chi connectivity index (χ0) is 87.2. The average molecular weight is 1670 g/mol. The Balaban J connectivity index is 0.000000135. The molecule has 0 bridgehead atoms. The summed E-state index contributed by atoms with van der Waals surface area (Å²) in [5, 5.41) is 31.2. The van der Waals surface area contributed by atoms with Crippen molar-refractivity contribution in [3.05, 3.63) is 459 Å². The van der Waals surface area contributed by atoms with Crippen LogP contribution in [0.15, 0.2) is 437 Å². The molecular formula is C130H84N2. The molecule has 0 atom stereocenters. The van der Waals surface area contributed by atoms with Gasteiger partial charge in [0.05, 0.1) is 11.4 Å². The summed E-state index contributed by atoms with van der Waals surface area (Å²) in [5.74, 6) is 0. The van der Waals surface area contributed by atoms with Crippen molar-refractivity contribution in [3.8, 4) is 111 Å². The third-order valence-electron chi connectivity index (χ3n) is 29.0. The second kappa shape index (κ2) is 29.4. The van der Waals surface area contributed by atoms with E-state index >= 15 is 0 Å². The predicted octanol–water partition coefficient (Wildman–Crippen LogP) is 37.0. The number of benzene rings is 24. The van der Waals surface area contributed by atoms with E-state index in [0.29, 0.717) is 0 Å². The largest absolute Gasteiger partial charge is 0.310 e. The van der Waals surface area contributed by atoms with Gasteiger partial charge in [-0.15, -0.1) is 0 Å². The van der Waals surface area contributed by atoms with Gasteiger partial charge in [-0.05, 0) is 318 Å². The molecule has 2 heteroatoms. The van der Waals surface area contributed by atoms with Crippen LogP contribution in [0.2, 0.25) is 0 Å². The van der Waals surface area contributed by atoms with Gasteiger partial charge in [0.2, 0.25) is 0 Å². The number of aryl methyl sites for hydroxylation is 4. The number of nitrogens with zero attached hydrogens (tertiary/aromatic N) is 2. The first-order valence-electron chi connectivity index (χ1n) is 46.2. The van der Waals surface area contributed by atoms with Gasteiger partial charge in [0.15, 0.2) is 0 Å². The summed E-state index contributed by atoms with van der Waals surface area (Å²) >= 11 is 0. The Morgan fingerprint density at radius 2 is 0.326 bits per heavy atom. The molecule has 26 aromatic rings. The van der Waals surface area contributed by atoms with E-state index in [4.69, 9.17) is 0 Å². The quantitative estimate of drug-likeness (QED) is 0.0888. The van der Waals surface area contributed by atoms with Crippen LogP contribution in [0, 0.1) is 27.7 Å². The van der Waals surface area contributed by atoms with Crippen molar-refractivity contribution in [2.24, 2.45) is 0 Å². The van der Waals surface area contributed by atoms with Crippen LogP contribution in [0.4, 0.5) is 34.1 Å². The van der Waals surface area contributed by atoms with Crippen LogP contribution < -0.4 is 9.80 Å². The lowest BCUT2D eigenvalue weighted by Crippen LogP contribution is -2.10. The first kappa shape index (κ1) is 75.4. The highest BCUT2D eigenvalue weighted by Gasteiger charge is 2.37. The predicted molar refractivity (Wildman–Crippen MR) is 566 cm³/mol. The first-order valence-corrected chi connectivity index (χ1v) is 46.2. The molecule has 0 spiro atoms. The molecule has 2 nitrogen and oxygen atoms in total. The Morgan fingerprint density at radius 1 is 0.121 bits per heavy atom. The van der Waals surface area contributed by atoms with Crippen molar-refractivity contribution in [1.29, 1.82) is 0 Å². The van der Waals surface area contributed by atoms with Crippen molar-refractivity contribution in [2.75, 3.05) is 9.80 Å². The minimum Gasteiger partial charge on any atom is -0.310 e. The number of hydrogen-bond acceptors (Lipinski definition) is 2. The topological polar surface area (TPSA) is 6.48 Å². The molecule has 0 fully saturated rings. The van der Waals surface area contributed by atoms with Gasteiger partial charge in [0, 0.05) is 33.5 Å². The van der Waals surface area contributed by atoms with Crippen LogP contribution in [0.25, 0.3) is 241 Å². The number of rotatable bonds is 12. The van der Waals surface area contributed by atoms with E-state index in [-0.39, 0.29) is 0 Å². The van der Waals surface area contributed by atoms with E-state index in [1.54, 1.807) is 0 Å². The van der Waals surface area contributed by atoms with E-state index in [9.17, 15) is 0 Å². The van der Waals surface area contributed by atoms with Crippen LogP contribution in [-0.2, 0) is 0 Å². The molecule has 2 aliphatic rings. The third kappa shape index (κ3) is 11.0. The Hall–Kier alpha value is -16.8. The van der Waals surface area contributed by atoms with Gasteiger partial charge >= 0.3 is 0 Å². The maximum absolute atomic E-state index is 2.45. The fourth-order valence-corrected chi connectivity index (χ4v) is 23.5. The number of fused-ring (bicyclic) bond motifs is 16. The van der Waals surface area contributed by atoms with Gasteiger partial charge in [-0.1, -0.05) is 398 Å². The zero-order valence-corrected chi connectivity index (χ0v) is 73.5. The molecule has 0 aliphatic heterocycles. The Bertz CT molecular complexity index is 8260. The summed E-state index contributed by atoms with van der Waals surface area (Å²) in [6.45, 7) is 8.63.